The highest BCUT2D eigenvalue weighted by Gasteiger charge is 2.30. The summed E-state index contributed by atoms with van der Waals surface area (Å²) in [6.07, 6.45) is -3.69. The van der Waals surface area contributed by atoms with Gasteiger partial charge in [0.15, 0.2) is 9.84 Å². The Labute approximate surface area is 148 Å². The molecule has 0 unspecified atom stereocenters. The summed E-state index contributed by atoms with van der Waals surface area (Å²) in [5, 5.41) is 0. The van der Waals surface area contributed by atoms with Crippen molar-refractivity contribution in [2.45, 2.75) is 22.6 Å². The summed E-state index contributed by atoms with van der Waals surface area (Å²) in [5.41, 5.74) is -0.817. The lowest BCUT2D eigenvalue weighted by Gasteiger charge is -2.11. The quantitative estimate of drug-likeness (QED) is 0.741. The zero-order valence-corrected chi connectivity index (χ0v) is 15.0. The van der Waals surface area contributed by atoms with Gasteiger partial charge in [-0.1, -0.05) is 29.2 Å². The third-order valence-electron chi connectivity index (χ3n) is 3.20. The van der Waals surface area contributed by atoms with E-state index < -0.39 is 48.0 Å². The molecule has 0 aliphatic rings. The van der Waals surface area contributed by atoms with Crippen molar-refractivity contribution in [3.05, 3.63) is 59.7 Å². The van der Waals surface area contributed by atoms with Crippen LogP contribution in [0, 0.1) is 0 Å². The average Bonchev–Trinajstić information content (AvgIpc) is 2.53. The number of alkyl halides is 3. The van der Waals surface area contributed by atoms with E-state index in [1.807, 2.05) is 0 Å². The van der Waals surface area contributed by atoms with Gasteiger partial charge in [0.1, 0.15) is 4.90 Å². The van der Waals surface area contributed by atoms with E-state index in [9.17, 15) is 30.0 Å². The molecule has 0 bridgehead atoms. The second kappa shape index (κ2) is 7.35. The van der Waals surface area contributed by atoms with Crippen LogP contribution in [0.4, 0.5) is 13.2 Å². The molecule has 0 saturated carbocycles. The van der Waals surface area contributed by atoms with Gasteiger partial charge in [0.2, 0.25) is 0 Å². The predicted octanol–water partition coefficient (Wildman–Crippen LogP) is 2.52. The van der Waals surface area contributed by atoms with Crippen LogP contribution in [0.2, 0.25) is 0 Å². The van der Waals surface area contributed by atoms with Gasteiger partial charge < -0.3 is 0 Å². The fourth-order valence-electron chi connectivity index (χ4n) is 2.05. The van der Waals surface area contributed by atoms with Gasteiger partial charge in [-0.25, -0.2) is 16.8 Å². The minimum atomic E-state index is -4.54. The Balaban J connectivity index is 2.16. The first kappa shape index (κ1) is 20.4. The molecule has 2 aromatic rings. The van der Waals surface area contributed by atoms with E-state index in [0.717, 1.165) is 36.6 Å². The molecule has 0 aliphatic carbocycles. The highest BCUT2D eigenvalue weighted by Crippen LogP contribution is 2.29. The van der Waals surface area contributed by atoms with Gasteiger partial charge in [-0.2, -0.15) is 13.2 Å². The first-order valence-corrected chi connectivity index (χ1v) is 10.4. The Morgan fingerprint density at radius 1 is 0.962 bits per heavy atom. The van der Waals surface area contributed by atoms with E-state index in [4.69, 9.17) is 4.84 Å². The molecule has 1 N–H and O–H groups in total. The lowest BCUT2D eigenvalue weighted by Crippen LogP contribution is -2.25. The fourth-order valence-corrected chi connectivity index (χ4v) is 4.49. The van der Waals surface area contributed by atoms with Gasteiger partial charge in [-0.3, -0.25) is 4.84 Å². The minimum Gasteiger partial charge on any atom is -0.282 e. The van der Waals surface area contributed by atoms with Crippen molar-refractivity contribution in [2.75, 3.05) is 6.26 Å². The van der Waals surface area contributed by atoms with Gasteiger partial charge in [0, 0.05) is 6.26 Å². The predicted molar refractivity (Wildman–Crippen MR) is 86.1 cm³/mol. The topological polar surface area (TPSA) is 89.5 Å². The number of halogens is 3. The largest absolute Gasteiger partial charge is 0.416 e. The molecule has 0 heterocycles. The van der Waals surface area contributed by atoms with E-state index in [-0.39, 0.29) is 5.56 Å². The number of rotatable bonds is 6. The number of hydrogen-bond acceptors (Lipinski definition) is 5. The summed E-state index contributed by atoms with van der Waals surface area (Å²) in [6.45, 7) is -0.482. The summed E-state index contributed by atoms with van der Waals surface area (Å²) in [7, 11) is -8.17. The van der Waals surface area contributed by atoms with Crippen molar-refractivity contribution < 1.29 is 34.8 Å². The zero-order chi connectivity index (χ0) is 19.6. The maximum atomic E-state index is 12.6. The second-order valence-corrected chi connectivity index (χ2v) is 8.89. The third-order valence-corrected chi connectivity index (χ3v) is 5.76. The molecule has 6 nitrogen and oxygen atoms in total. The van der Waals surface area contributed by atoms with Crippen LogP contribution >= 0.6 is 0 Å². The van der Waals surface area contributed by atoms with Crippen molar-refractivity contribution in [2.24, 2.45) is 0 Å². The summed E-state index contributed by atoms with van der Waals surface area (Å²) in [6, 6.07) is 9.07. The van der Waals surface area contributed by atoms with E-state index in [0.29, 0.717) is 0 Å². The number of sulfone groups is 1. The Morgan fingerprint density at radius 3 is 2.15 bits per heavy atom. The Morgan fingerprint density at radius 2 is 1.58 bits per heavy atom. The lowest BCUT2D eigenvalue weighted by molar-refractivity contribution is -0.137. The van der Waals surface area contributed by atoms with Crippen molar-refractivity contribution >= 4 is 19.9 Å². The Hall–Kier alpha value is -1.95. The number of nitrogens with one attached hydrogen (secondary N) is 1. The maximum absolute atomic E-state index is 12.6. The van der Waals surface area contributed by atoms with Gasteiger partial charge in [0.25, 0.3) is 10.0 Å². The molecule has 0 spiro atoms. The first-order chi connectivity index (χ1) is 11.9. The number of hydrogen-bond donors (Lipinski definition) is 1. The van der Waals surface area contributed by atoms with Crippen LogP contribution in [0.5, 0.6) is 0 Å². The molecular weight excluding hydrogens is 395 g/mol. The molecule has 0 aliphatic heterocycles. The summed E-state index contributed by atoms with van der Waals surface area (Å²) in [4.78, 5) is 5.55. The van der Waals surface area contributed by atoms with Crippen molar-refractivity contribution in [1.29, 1.82) is 0 Å². The van der Waals surface area contributed by atoms with Crippen LogP contribution in [-0.2, 0) is 37.5 Å². The van der Waals surface area contributed by atoms with E-state index in [2.05, 4.69) is 0 Å². The molecule has 2 rings (SSSR count). The molecule has 0 aromatic heterocycles. The van der Waals surface area contributed by atoms with Crippen LogP contribution in [0.3, 0.4) is 0 Å². The molecule has 0 fully saturated rings. The molecule has 26 heavy (non-hydrogen) atoms. The molecule has 142 valence electrons. The van der Waals surface area contributed by atoms with E-state index in [1.165, 1.54) is 18.2 Å². The fraction of sp³-hybridized carbons (Fsp3) is 0.200. The molecule has 0 radical (unpaired) electrons. The second-order valence-electron chi connectivity index (χ2n) is 5.29. The maximum Gasteiger partial charge on any atom is 0.416 e. The van der Waals surface area contributed by atoms with Crippen molar-refractivity contribution in [3.63, 3.8) is 0 Å². The van der Waals surface area contributed by atoms with Crippen LogP contribution in [-0.4, -0.2) is 23.1 Å². The number of sulfonamides is 1. The van der Waals surface area contributed by atoms with Gasteiger partial charge in [0.05, 0.1) is 17.1 Å². The molecule has 0 amide bonds. The monoisotopic (exact) mass is 409 g/mol. The summed E-state index contributed by atoms with van der Waals surface area (Å²) < 4.78 is 85.8. The van der Waals surface area contributed by atoms with E-state index in [1.54, 1.807) is 4.89 Å². The summed E-state index contributed by atoms with van der Waals surface area (Å²) in [5.74, 6) is 0. The molecule has 0 atom stereocenters. The van der Waals surface area contributed by atoms with Gasteiger partial charge in [-0.05, 0) is 29.8 Å². The highest BCUT2D eigenvalue weighted by atomic mass is 32.2. The lowest BCUT2D eigenvalue weighted by atomic mass is 10.1. The van der Waals surface area contributed by atoms with Gasteiger partial charge >= 0.3 is 6.18 Å². The van der Waals surface area contributed by atoms with Crippen LogP contribution < -0.4 is 4.89 Å². The Kier molecular flexibility index (Phi) is 5.76. The number of benzene rings is 2. The van der Waals surface area contributed by atoms with Crippen molar-refractivity contribution in [1.82, 2.24) is 4.89 Å². The van der Waals surface area contributed by atoms with Crippen LogP contribution in [0.25, 0.3) is 0 Å². The minimum absolute atomic E-state index is 0.0823. The van der Waals surface area contributed by atoms with Crippen molar-refractivity contribution in [3.8, 4) is 0 Å². The van der Waals surface area contributed by atoms with E-state index >= 15 is 0 Å². The van der Waals surface area contributed by atoms with Crippen LogP contribution in [0.15, 0.2) is 58.3 Å². The molecule has 11 heteroatoms. The standard InChI is InChI=1S/C15H14F3NO5S2/c1-25(20,21)13-7-2-3-8-14(13)26(22,23)19-24-10-11-5-4-6-12(9-11)15(16,17)18/h2-9,19H,10H2,1H3. The van der Waals surface area contributed by atoms with Gasteiger partial charge in [-0.15, -0.1) is 0 Å². The zero-order valence-electron chi connectivity index (χ0n) is 13.3. The SMILES string of the molecule is CS(=O)(=O)c1ccccc1S(=O)(=O)NOCc1cccc(C(F)(F)F)c1. The molecule has 2 aromatic carbocycles. The normalized spacial score (nSPS) is 12.9. The molecule has 0 saturated heterocycles. The average molecular weight is 409 g/mol. The van der Waals surface area contributed by atoms with Crippen LogP contribution in [0.1, 0.15) is 11.1 Å². The summed E-state index contributed by atoms with van der Waals surface area (Å²) >= 11 is 0. The third kappa shape index (κ3) is 5.04. The highest BCUT2D eigenvalue weighted by molar-refractivity contribution is 7.93. The smallest absolute Gasteiger partial charge is 0.282 e. The first-order valence-electron chi connectivity index (χ1n) is 7.00. The molecular formula is C15H14F3NO5S2. The Bertz CT molecular complexity index is 1000.